The van der Waals surface area contributed by atoms with Gasteiger partial charge in [0.2, 0.25) is 10.0 Å². The summed E-state index contributed by atoms with van der Waals surface area (Å²) in [6, 6.07) is 19.2. The van der Waals surface area contributed by atoms with E-state index >= 15 is 0 Å². The van der Waals surface area contributed by atoms with E-state index in [2.05, 4.69) is 26.5 Å². The molecule has 0 saturated heterocycles. The lowest BCUT2D eigenvalue weighted by atomic mass is 10.2. The zero-order valence-electron chi connectivity index (χ0n) is 18.1. The van der Waals surface area contributed by atoms with Crippen molar-refractivity contribution in [2.75, 3.05) is 6.54 Å². The number of hydrogen-bond acceptors (Lipinski definition) is 6. The molecule has 0 aliphatic carbocycles. The van der Waals surface area contributed by atoms with Gasteiger partial charge in [0.25, 0.3) is 11.6 Å². The number of hydrogen-bond donors (Lipinski definition) is 1. The third-order valence-corrected chi connectivity index (χ3v) is 7.07. The number of hydrazone groups is 1. The lowest BCUT2D eigenvalue weighted by Crippen LogP contribution is -2.39. The Labute approximate surface area is 205 Å². The molecule has 0 aliphatic heterocycles. The van der Waals surface area contributed by atoms with Crippen LogP contribution in [0.3, 0.4) is 0 Å². The van der Waals surface area contributed by atoms with Crippen molar-refractivity contribution < 1.29 is 18.1 Å². The molecule has 3 aromatic rings. The van der Waals surface area contributed by atoms with E-state index < -0.39 is 27.4 Å². The second-order valence-electron chi connectivity index (χ2n) is 7.36. The first kappa shape index (κ1) is 25.2. The van der Waals surface area contributed by atoms with Crippen molar-refractivity contribution in [1.82, 2.24) is 9.73 Å². The van der Waals surface area contributed by atoms with E-state index in [0.717, 1.165) is 14.3 Å². The normalized spacial score (nSPS) is 11.6. The molecule has 0 atom stereocenters. The van der Waals surface area contributed by atoms with Gasteiger partial charge in [-0.25, -0.2) is 13.8 Å². The summed E-state index contributed by atoms with van der Waals surface area (Å²) in [4.78, 5) is 23.0. The van der Waals surface area contributed by atoms with Gasteiger partial charge in [-0.05, 0) is 36.8 Å². The van der Waals surface area contributed by atoms with Gasteiger partial charge in [-0.15, -0.1) is 0 Å². The highest BCUT2D eigenvalue weighted by atomic mass is 79.9. The Hall–Kier alpha value is -3.41. The maximum atomic E-state index is 13.3. The molecule has 3 rings (SSSR count). The van der Waals surface area contributed by atoms with Crippen LogP contribution in [-0.4, -0.2) is 36.3 Å². The molecule has 0 aliphatic rings. The molecule has 0 bridgehead atoms. The van der Waals surface area contributed by atoms with Crippen LogP contribution in [0, 0.1) is 17.0 Å². The Kier molecular flexibility index (Phi) is 8.26. The van der Waals surface area contributed by atoms with Crippen molar-refractivity contribution in [3.8, 4) is 0 Å². The van der Waals surface area contributed by atoms with E-state index in [4.69, 9.17) is 0 Å². The first-order valence-electron chi connectivity index (χ1n) is 10.0. The zero-order chi connectivity index (χ0) is 24.7. The number of nitro groups is 1. The molecule has 0 unspecified atom stereocenters. The van der Waals surface area contributed by atoms with Gasteiger partial charge >= 0.3 is 0 Å². The van der Waals surface area contributed by atoms with Crippen LogP contribution in [0.25, 0.3) is 0 Å². The van der Waals surface area contributed by atoms with Gasteiger partial charge in [0.15, 0.2) is 0 Å². The topological polar surface area (TPSA) is 122 Å². The highest BCUT2D eigenvalue weighted by molar-refractivity contribution is 9.10. The number of halogens is 1. The zero-order valence-corrected chi connectivity index (χ0v) is 20.5. The summed E-state index contributed by atoms with van der Waals surface area (Å²) in [5, 5.41) is 14.7. The highest BCUT2D eigenvalue weighted by Gasteiger charge is 2.27. The van der Waals surface area contributed by atoms with E-state index in [1.54, 1.807) is 42.5 Å². The smallest absolute Gasteiger partial charge is 0.270 e. The minimum Gasteiger partial charge on any atom is -0.272 e. The molecule has 0 spiro atoms. The predicted octanol–water partition coefficient (Wildman–Crippen LogP) is 4.01. The van der Waals surface area contributed by atoms with Crippen molar-refractivity contribution in [3.05, 3.63) is 104 Å². The number of carbonyl (C=O) groups excluding carboxylic acids is 1. The quantitative estimate of drug-likeness (QED) is 0.247. The van der Waals surface area contributed by atoms with E-state index in [1.165, 1.54) is 36.5 Å². The number of amides is 1. The standard InChI is InChI=1S/C23H21BrN4O5S/c1-17-5-11-22(12-6-17)34(32,33)27(15-18-7-9-20(24)10-8-18)16-23(29)26-25-14-19-3-2-4-21(13-19)28(30)31/h2-14H,15-16H2,1H3,(H,26,29)/b25-14-. The molecule has 0 heterocycles. The van der Waals surface area contributed by atoms with Crippen LogP contribution < -0.4 is 5.43 Å². The molecule has 9 nitrogen and oxygen atoms in total. The van der Waals surface area contributed by atoms with E-state index in [0.29, 0.717) is 11.1 Å². The van der Waals surface area contributed by atoms with Gasteiger partial charge < -0.3 is 0 Å². The van der Waals surface area contributed by atoms with Gasteiger partial charge in [-0.1, -0.05) is 57.9 Å². The number of nitrogens with zero attached hydrogens (tertiary/aromatic N) is 3. The Morgan fingerprint density at radius 1 is 1.12 bits per heavy atom. The van der Waals surface area contributed by atoms with Gasteiger partial charge in [0, 0.05) is 28.7 Å². The second-order valence-corrected chi connectivity index (χ2v) is 10.2. The molecule has 0 saturated carbocycles. The number of sulfonamides is 1. The van der Waals surface area contributed by atoms with E-state index in [1.807, 2.05) is 6.92 Å². The summed E-state index contributed by atoms with van der Waals surface area (Å²) in [6.45, 7) is 1.35. The fraction of sp³-hybridized carbons (Fsp3) is 0.130. The average Bonchev–Trinajstić information content (AvgIpc) is 2.80. The van der Waals surface area contributed by atoms with Crippen LogP contribution in [0.1, 0.15) is 16.7 Å². The Bertz CT molecular complexity index is 1310. The number of non-ortho nitro benzene ring substituents is 1. The molecular weight excluding hydrogens is 524 g/mol. The lowest BCUT2D eigenvalue weighted by molar-refractivity contribution is -0.384. The minimum atomic E-state index is -3.98. The van der Waals surface area contributed by atoms with Gasteiger partial charge in [-0.3, -0.25) is 14.9 Å². The average molecular weight is 545 g/mol. The van der Waals surface area contributed by atoms with Crippen LogP contribution in [0.5, 0.6) is 0 Å². The largest absolute Gasteiger partial charge is 0.272 e. The third kappa shape index (κ3) is 6.80. The first-order valence-corrected chi connectivity index (χ1v) is 12.3. The van der Waals surface area contributed by atoms with Crippen LogP contribution in [-0.2, 0) is 21.4 Å². The van der Waals surface area contributed by atoms with Crippen LogP contribution >= 0.6 is 15.9 Å². The number of aryl methyl sites for hydroxylation is 1. The Morgan fingerprint density at radius 3 is 2.44 bits per heavy atom. The third-order valence-electron chi connectivity index (χ3n) is 4.73. The van der Waals surface area contributed by atoms with E-state index in [-0.39, 0.29) is 17.1 Å². The summed E-state index contributed by atoms with van der Waals surface area (Å²) in [5.74, 6) is -0.658. The monoisotopic (exact) mass is 544 g/mol. The van der Waals surface area contributed by atoms with E-state index in [9.17, 15) is 23.3 Å². The Morgan fingerprint density at radius 2 is 1.79 bits per heavy atom. The SMILES string of the molecule is Cc1ccc(S(=O)(=O)N(CC(=O)N/N=C\c2cccc([N+](=O)[O-])c2)Cc2ccc(Br)cc2)cc1. The molecule has 0 aromatic heterocycles. The number of benzene rings is 3. The second kappa shape index (κ2) is 11.1. The molecule has 34 heavy (non-hydrogen) atoms. The number of nitrogens with one attached hydrogen (secondary N) is 1. The number of carbonyl (C=O) groups is 1. The van der Waals surface area contributed by atoms with Gasteiger partial charge in [-0.2, -0.15) is 9.41 Å². The maximum absolute atomic E-state index is 13.3. The van der Waals surface area contributed by atoms with Crippen LogP contribution in [0.4, 0.5) is 5.69 Å². The molecule has 1 N–H and O–H groups in total. The molecular formula is C23H21BrN4O5S. The fourth-order valence-corrected chi connectivity index (χ4v) is 4.62. The summed E-state index contributed by atoms with van der Waals surface area (Å²) in [5.41, 5.74) is 4.19. The summed E-state index contributed by atoms with van der Waals surface area (Å²) >= 11 is 3.35. The maximum Gasteiger partial charge on any atom is 0.270 e. The number of nitro benzene ring substituents is 1. The highest BCUT2D eigenvalue weighted by Crippen LogP contribution is 2.20. The van der Waals surface area contributed by atoms with Gasteiger partial charge in [0.05, 0.1) is 22.6 Å². The molecule has 11 heteroatoms. The van der Waals surface area contributed by atoms with Crippen LogP contribution in [0.2, 0.25) is 0 Å². The van der Waals surface area contributed by atoms with Crippen molar-refractivity contribution >= 4 is 43.8 Å². The fourth-order valence-electron chi connectivity index (χ4n) is 2.97. The summed E-state index contributed by atoms with van der Waals surface area (Å²) in [6.07, 6.45) is 1.25. The summed E-state index contributed by atoms with van der Waals surface area (Å²) in [7, 11) is -3.98. The van der Waals surface area contributed by atoms with Crippen molar-refractivity contribution in [2.45, 2.75) is 18.4 Å². The molecule has 0 radical (unpaired) electrons. The number of rotatable bonds is 9. The Balaban J connectivity index is 1.78. The predicted molar refractivity (Wildman–Crippen MR) is 132 cm³/mol. The summed E-state index contributed by atoms with van der Waals surface area (Å²) < 4.78 is 28.5. The first-order chi connectivity index (χ1) is 16.1. The van der Waals surface area contributed by atoms with Crippen molar-refractivity contribution in [2.24, 2.45) is 5.10 Å². The van der Waals surface area contributed by atoms with Crippen molar-refractivity contribution in [1.29, 1.82) is 0 Å². The van der Waals surface area contributed by atoms with Crippen molar-refractivity contribution in [3.63, 3.8) is 0 Å². The molecule has 3 aromatic carbocycles. The minimum absolute atomic E-state index is 0.0223. The molecule has 0 fully saturated rings. The van der Waals surface area contributed by atoms with Gasteiger partial charge in [0.1, 0.15) is 0 Å². The molecule has 1 amide bonds. The molecule has 176 valence electrons. The lowest BCUT2D eigenvalue weighted by Gasteiger charge is -2.21. The van der Waals surface area contributed by atoms with Crippen LogP contribution in [0.15, 0.2) is 87.3 Å².